The highest BCUT2D eigenvalue weighted by atomic mass is 16.5. The molecule has 0 fully saturated rings. The van der Waals surface area contributed by atoms with Crippen LogP contribution < -0.4 is 5.32 Å². The molecular formula is C12H14N4O3. The third-order valence-electron chi connectivity index (χ3n) is 2.02. The van der Waals surface area contributed by atoms with Crippen LogP contribution in [0, 0.1) is 0 Å². The van der Waals surface area contributed by atoms with E-state index < -0.39 is 11.9 Å². The number of anilines is 1. The van der Waals surface area contributed by atoms with Gasteiger partial charge < -0.3 is 10.1 Å². The topological polar surface area (TPSA) is 104 Å². The van der Waals surface area contributed by atoms with E-state index in [4.69, 9.17) is 10.3 Å². The Morgan fingerprint density at radius 2 is 2.00 bits per heavy atom. The molecule has 0 radical (unpaired) electrons. The van der Waals surface area contributed by atoms with Gasteiger partial charge in [0.1, 0.15) is 6.54 Å². The Labute approximate surface area is 110 Å². The molecule has 0 unspecified atom stereocenters. The molecule has 100 valence electrons. The Hall–Kier alpha value is -2.53. The van der Waals surface area contributed by atoms with Gasteiger partial charge in [0.05, 0.1) is 11.7 Å². The first-order valence-corrected chi connectivity index (χ1v) is 5.64. The lowest BCUT2D eigenvalue weighted by atomic mass is 10.2. The third-order valence-corrected chi connectivity index (χ3v) is 2.02. The SMILES string of the molecule is CC(C)OC(=O)c1ccc(NC(=O)CN=[N+]=[N-])cc1. The van der Waals surface area contributed by atoms with Crippen molar-refractivity contribution in [2.24, 2.45) is 5.11 Å². The normalized spacial score (nSPS) is 9.63. The van der Waals surface area contributed by atoms with Crippen molar-refractivity contribution in [3.05, 3.63) is 40.3 Å². The summed E-state index contributed by atoms with van der Waals surface area (Å²) in [6, 6.07) is 6.25. The monoisotopic (exact) mass is 262 g/mol. The van der Waals surface area contributed by atoms with E-state index in [1.54, 1.807) is 38.1 Å². The van der Waals surface area contributed by atoms with Crippen LogP contribution in [0.5, 0.6) is 0 Å². The molecule has 1 aromatic carbocycles. The van der Waals surface area contributed by atoms with Crippen molar-refractivity contribution in [3.63, 3.8) is 0 Å². The van der Waals surface area contributed by atoms with Gasteiger partial charge in [0.2, 0.25) is 5.91 Å². The predicted octanol–water partition coefficient (Wildman–Crippen LogP) is 2.50. The third kappa shape index (κ3) is 5.10. The summed E-state index contributed by atoms with van der Waals surface area (Å²) in [4.78, 5) is 25.3. The number of hydrogen-bond acceptors (Lipinski definition) is 4. The Kier molecular flexibility index (Phi) is 5.37. The summed E-state index contributed by atoms with van der Waals surface area (Å²) in [5, 5.41) is 5.67. The summed E-state index contributed by atoms with van der Waals surface area (Å²) < 4.78 is 5.03. The summed E-state index contributed by atoms with van der Waals surface area (Å²) in [6.07, 6.45) is -0.185. The van der Waals surface area contributed by atoms with Crippen molar-refractivity contribution < 1.29 is 14.3 Å². The van der Waals surface area contributed by atoms with E-state index in [2.05, 4.69) is 15.3 Å². The zero-order valence-electron chi connectivity index (χ0n) is 10.7. The number of carbonyl (C=O) groups is 2. The molecule has 1 amide bonds. The molecule has 7 heteroatoms. The van der Waals surface area contributed by atoms with Crippen LogP contribution >= 0.6 is 0 Å². The molecule has 0 bridgehead atoms. The number of azide groups is 1. The lowest BCUT2D eigenvalue weighted by molar-refractivity contribution is -0.114. The van der Waals surface area contributed by atoms with Crippen molar-refractivity contribution in [2.45, 2.75) is 20.0 Å². The average molecular weight is 262 g/mol. The van der Waals surface area contributed by atoms with Gasteiger partial charge in [-0.15, -0.1) is 0 Å². The largest absolute Gasteiger partial charge is 0.459 e. The Morgan fingerprint density at radius 3 is 2.53 bits per heavy atom. The van der Waals surface area contributed by atoms with Gasteiger partial charge in [0, 0.05) is 10.6 Å². The van der Waals surface area contributed by atoms with Crippen LogP contribution in [0.3, 0.4) is 0 Å². The Balaban J connectivity index is 2.63. The highest BCUT2D eigenvalue weighted by molar-refractivity contribution is 5.94. The minimum Gasteiger partial charge on any atom is -0.459 e. The summed E-state index contributed by atoms with van der Waals surface area (Å²) >= 11 is 0. The van der Waals surface area contributed by atoms with Crippen molar-refractivity contribution in [1.29, 1.82) is 0 Å². The number of nitrogens with zero attached hydrogens (tertiary/aromatic N) is 3. The molecule has 0 heterocycles. The van der Waals surface area contributed by atoms with Gasteiger partial charge in [-0.2, -0.15) is 0 Å². The van der Waals surface area contributed by atoms with E-state index in [0.29, 0.717) is 11.3 Å². The quantitative estimate of drug-likeness (QED) is 0.381. The van der Waals surface area contributed by atoms with Crippen molar-refractivity contribution in [3.8, 4) is 0 Å². The number of hydrogen-bond donors (Lipinski definition) is 1. The van der Waals surface area contributed by atoms with E-state index >= 15 is 0 Å². The molecule has 0 spiro atoms. The van der Waals surface area contributed by atoms with Crippen LogP contribution in [0.2, 0.25) is 0 Å². The van der Waals surface area contributed by atoms with Gasteiger partial charge in [-0.05, 0) is 43.6 Å². The number of esters is 1. The smallest absolute Gasteiger partial charge is 0.338 e. The number of carbonyl (C=O) groups excluding carboxylic acids is 2. The highest BCUT2D eigenvalue weighted by Gasteiger charge is 2.09. The fraction of sp³-hybridized carbons (Fsp3) is 0.333. The second kappa shape index (κ2) is 7.03. The van der Waals surface area contributed by atoms with Crippen LogP contribution in [-0.2, 0) is 9.53 Å². The van der Waals surface area contributed by atoms with E-state index in [-0.39, 0.29) is 12.6 Å². The number of nitrogens with one attached hydrogen (secondary N) is 1. The fourth-order valence-corrected chi connectivity index (χ4v) is 1.27. The molecule has 0 aliphatic heterocycles. The van der Waals surface area contributed by atoms with E-state index in [0.717, 1.165) is 0 Å². The van der Waals surface area contributed by atoms with E-state index in [9.17, 15) is 9.59 Å². The maximum atomic E-state index is 11.6. The molecule has 7 nitrogen and oxygen atoms in total. The van der Waals surface area contributed by atoms with Gasteiger partial charge in [0.15, 0.2) is 0 Å². The van der Waals surface area contributed by atoms with E-state index in [1.807, 2.05) is 0 Å². The van der Waals surface area contributed by atoms with Crippen LogP contribution in [0.4, 0.5) is 5.69 Å². The number of rotatable bonds is 5. The molecule has 1 aromatic rings. The first-order valence-electron chi connectivity index (χ1n) is 5.64. The minimum absolute atomic E-state index is 0.185. The summed E-state index contributed by atoms with van der Waals surface area (Å²) in [7, 11) is 0. The zero-order valence-corrected chi connectivity index (χ0v) is 10.7. The zero-order chi connectivity index (χ0) is 14.3. The molecule has 0 saturated heterocycles. The number of amides is 1. The maximum absolute atomic E-state index is 11.6. The number of benzene rings is 1. The molecule has 1 N–H and O–H groups in total. The molecule has 0 atom stereocenters. The Morgan fingerprint density at radius 1 is 1.37 bits per heavy atom. The predicted molar refractivity (Wildman–Crippen MR) is 69.6 cm³/mol. The molecule has 0 aromatic heterocycles. The van der Waals surface area contributed by atoms with Gasteiger partial charge >= 0.3 is 5.97 Å². The lowest BCUT2D eigenvalue weighted by Crippen LogP contribution is -2.15. The van der Waals surface area contributed by atoms with Crippen LogP contribution in [0.1, 0.15) is 24.2 Å². The van der Waals surface area contributed by atoms with Gasteiger partial charge in [-0.3, -0.25) is 4.79 Å². The van der Waals surface area contributed by atoms with Gasteiger partial charge in [-0.1, -0.05) is 5.11 Å². The fourth-order valence-electron chi connectivity index (χ4n) is 1.27. The summed E-state index contributed by atoms with van der Waals surface area (Å²) in [5.41, 5.74) is 9.00. The molecule has 0 aliphatic rings. The number of ether oxygens (including phenoxy) is 1. The first-order chi connectivity index (χ1) is 9.02. The van der Waals surface area contributed by atoms with Gasteiger partial charge in [-0.25, -0.2) is 4.79 Å². The molecule has 1 rings (SSSR count). The minimum atomic E-state index is -0.421. The second-order valence-corrected chi connectivity index (χ2v) is 3.97. The van der Waals surface area contributed by atoms with Crippen molar-refractivity contribution in [2.75, 3.05) is 11.9 Å². The average Bonchev–Trinajstić information content (AvgIpc) is 2.36. The lowest BCUT2D eigenvalue weighted by Gasteiger charge is -2.08. The van der Waals surface area contributed by atoms with Crippen LogP contribution in [-0.4, -0.2) is 24.5 Å². The van der Waals surface area contributed by atoms with Crippen LogP contribution in [0.15, 0.2) is 29.4 Å². The first kappa shape index (κ1) is 14.5. The van der Waals surface area contributed by atoms with Crippen molar-refractivity contribution in [1.82, 2.24) is 0 Å². The summed E-state index contributed by atoms with van der Waals surface area (Å²) in [6.45, 7) is 3.26. The molecule has 0 saturated carbocycles. The summed E-state index contributed by atoms with van der Waals surface area (Å²) in [5.74, 6) is -0.836. The van der Waals surface area contributed by atoms with Crippen molar-refractivity contribution >= 4 is 17.6 Å². The highest BCUT2D eigenvalue weighted by Crippen LogP contribution is 2.11. The maximum Gasteiger partial charge on any atom is 0.338 e. The van der Waals surface area contributed by atoms with Crippen LogP contribution in [0.25, 0.3) is 10.4 Å². The Bertz CT molecular complexity index is 504. The molecular weight excluding hydrogens is 248 g/mol. The molecule has 19 heavy (non-hydrogen) atoms. The second-order valence-electron chi connectivity index (χ2n) is 3.97. The molecule has 0 aliphatic carbocycles. The van der Waals surface area contributed by atoms with E-state index in [1.165, 1.54) is 0 Å². The van der Waals surface area contributed by atoms with Gasteiger partial charge in [0.25, 0.3) is 0 Å². The standard InChI is InChI=1S/C12H14N4O3/c1-8(2)19-12(18)9-3-5-10(6-4-9)15-11(17)7-14-16-13/h3-6,8H,7H2,1-2H3,(H,15,17).